The minimum absolute atomic E-state index is 0.0886. The minimum Gasteiger partial charge on any atom is -0.448 e. The van der Waals surface area contributed by atoms with Crippen LogP contribution < -0.4 is 10.6 Å². The first kappa shape index (κ1) is 21.0. The maximum Gasteiger partial charge on any atom is 0.351 e. The van der Waals surface area contributed by atoms with E-state index in [2.05, 4.69) is 15.6 Å². The highest BCUT2D eigenvalue weighted by molar-refractivity contribution is 7.17. The van der Waals surface area contributed by atoms with Gasteiger partial charge in [0, 0.05) is 11.6 Å². The Bertz CT molecular complexity index is 875. The van der Waals surface area contributed by atoms with Crippen molar-refractivity contribution in [2.45, 2.75) is 58.1 Å². The van der Waals surface area contributed by atoms with Crippen molar-refractivity contribution in [2.24, 2.45) is 0 Å². The number of thiazole rings is 1. The summed E-state index contributed by atoms with van der Waals surface area (Å²) < 4.78 is 5.26. The second kappa shape index (κ2) is 9.65. The van der Waals surface area contributed by atoms with E-state index >= 15 is 0 Å². The Labute approximate surface area is 173 Å². The Kier molecular flexibility index (Phi) is 6.98. The van der Waals surface area contributed by atoms with Crippen LogP contribution in [0.25, 0.3) is 10.6 Å². The molecule has 1 aliphatic rings. The van der Waals surface area contributed by atoms with E-state index in [0.717, 1.165) is 31.2 Å². The molecule has 8 heteroatoms. The molecule has 2 N–H and O–H groups in total. The molecule has 0 unspecified atom stereocenters. The van der Waals surface area contributed by atoms with Gasteiger partial charge in [-0.25, -0.2) is 14.6 Å². The van der Waals surface area contributed by atoms with Crippen LogP contribution in [0.15, 0.2) is 30.3 Å². The number of nitrogens with zero attached hydrogens (tertiary/aromatic N) is 1. The van der Waals surface area contributed by atoms with Crippen molar-refractivity contribution in [3.05, 3.63) is 40.9 Å². The second-order valence-corrected chi connectivity index (χ2v) is 8.14. The molecule has 0 saturated heterocycles. The van der Waals surface area contributed by atoms with Crippen molar-refractivity contribution in [3.8, 4) is 10.6 Å². The number of esters is 1. The third kappa shape index (κ3) is 5.63. The van der Waals surface area contributed by atoms with Gasteiger partial charge in [-0.3, -0.25) is 10.1 Å². The highest BCUT2D eigenvalue weighted by Crippen LogP contribution is 2.28. The van der Waals surface area contributed by atoms with Crippen LogP contribution in [0, 0.1) is 6.92 Å². The maximum absolute atomic E-state index is 12.5. The molecule has 7 nitrogen and oxygen atoms in total. The number of aryl methyl sites for hydroxylation is 1. The molecule has 0 spiro atoms. The topological polar surface area (TPSA) is 97.4 Å². The van der Waals surface area contributed by atoms with Crippen LogP contribution >= 0.6 is 11.3 Å². The summed E-state index contributed by atoms with van der Waals surface area (Å²) >= 11 is 1.21. The van der Waals surface area contributed by atoms with Crippen LogP contribution in [0.5, 0.6) is 0 Å². The molecular formula is C21H25N3O4S. The molecule has 29 heavy (non-hydrogen) atoms. The average molecular weight is 416 g/mol. The van der Waals surface area contributed by atoms with Gasteiger partial charge in [-0.2, -0.15) is 0 Å². The molecule has 1 atom stereocenters. The van der Waals surface area contributed by atoms with Gasteiger partial charge in [0.2, 0.25) is 0 Å². The lowest BCUT2D eigenvalue weighted by molar-refractivity contribution is -0.127. The number of aromatic nitrogens is 1. The third-order valence-corrected chi connectivity index (χ3v) is 6.02. The Morgan fingerprint density at radius 1 is 1.14 bits per heavy atom. The van der Waals surface area contributed by atoms with E-state index < -0.39 is 24.0 Å². The zero-order chi connectivity index (χ0) is 20.8. The fourth-order valence-corrected chi connectivity index (χ4v) is 4.19. The number of hydrogen-bond donors (Lipinski definition) is 2. The van der Waals surface area contributed by atoms with Gasteiger partial charge < -0.3 is 10.1 Å². The largest absolute Gasteiger partial charge is 0.448 e. The molecule has 1 saturated carbocycles. The Morgan fingerprint density at radius 2 is 1.83 bits per heavy atom. The summed E-state index contributed by atoms with van der Waals surface area (Å²) in [4.78, 5) is 41.5. The number of amides is 3. The normalized spacial score (nSPS) is 15.4. The van der Waals surface area contributed by atoms with Crippen LogP contribution in [-0.2, 0) is 9.53 Å². The van der Waals surface area contributed by atoms with Gasteiger partial charge >= 0.3 is 12.0 Å². The number of hydrogen-bond acceptors (Lipinski definition) is 6. The lowest BCUT2D eigenvalue weighted by atomic mass is 9.96. The SMILES string of the molecule is Cc1nc(-c2ccccc2)sc1C(=O)O[C@H](C)C(=O)NC(=O)NC1CCCCC1. The standard InChI is InChI=1S/C21H25N3O4S/c1-13-17(29-19(22-13)15-9-5-3-6-10-15)20(26)28-14(2)18(25)24-21(27)23-16-11-7-4-8-12-16/h3,5-6,9-10,14,16H,4,7-8,11-12H2,1-2H3,(H2,23,24,25,27)/t14-/m1/s1. The Hall–Kier alpha value is -2.74. The molecule has 3 rings (SSSR count). The molecule has 1 aromatic heterocycles. The lowest BCUT2D eigenvalue weighted by Crippen LogP contribution is -2.48. The first-order valence-corrected chi connectivity index (χ1v) is 10.6. The van der Waals surface area contributed by atoms with Crippen LogP contribution in [0.3, 0.4) is 0 Å². The molecule has 1 heterocycles. The summed E-state index contributed by atoms with van der Waals surface area (Å²) in [5.41, 5.74) is 1.45. The molecule has 154 valence electrons. The van der Waals surface area contributed by atoms with Crippen molar-refractivity contribution in [1.29, 1.82) is 0 Å². The van der Waals surface area contributed by atoms with Crippen LogP contribution in [0.1, 0.15) is 54.4 Å². The van der Waals surface area contributed by atoms with Crippen LogP contribution in [0.2, 0.25) is 0 Å². The van der Waals surface area contributed by atoms with Gasteiger partial charge in [0.25, 0.3) is 5.91 Å². The van der Waals surface area contributed by atoms with Gasteiger partial charge in [0.15, 0.2) is 6.10 Å². The molecule has 0 bridgehead atoms. The Balaban J connectivity index is 1.55. The van der Waals surface area contributed by atoms with Crippen LogP contribution in [0.4, 0.5) is 4.79 Å². The molecule has 1 aliphatic carbocycles. The van der Waals surface area contributed by atoms with Gasteiger partial charge in [0.1, 0.15) is 9.88 Å². The number of benzene rings is 1. The molecule has 3 amide bonds. The highest BCUT2D eigenvalue weighted by Gasteiger charge is 2.25. The fraction of sp³-hybridized carbons (Fsp3) is 0.429. The number of urea groups is 1. The van der Waals surface area contributed by atoms with Gasteiger partial charge in [-0.15, -0.1) is 11.3 Å². The van der Waals surface area contributed by atoms with Gasteiger partial charge in [0.05, 0.1) is 5.69 Å². The zero-order valence-corrected chi connectivity index (χ0v) is 17.4. The molecule has 0 aliphatic heterocycles. The third-order valence-electron chi connectivity index (χ3n) is 4.83. The summed E-state index contributed by atoms with van der Waals surface area (Å²) in [6.07, 6.45) is 4.06. The summed E-state index contributed by atoms with van der Waals surface area (Å²) in [6, 6.07) is 9.06. The number of nitrogens with one attached hydrogen (secondary N) is 2. The van der Waals surface area contributed by atoms with Crippen molar-refractivity contribution in [2.75, 3.05) is 0 Å². The van der Waals surface area contributed by atoms with Crippen molar-refractivity contribution < 1.29 is 19.1 Å². The number of carbonyl (C=O) groups excluding carboxylic acids is 3. The van der Waals surface area contributed by atoms with Crippen molar-refractivity contribution in [1.82, 2.24) is 15.6 Å². The lowest BCUT2D eigenvalue weighted by Gasteiger charge is -2.23. The van der Waals surface area contributed by atoms with Crippen molar-refractivity contribution in [3.63, 3.8) is 0 Å². The first-order valence-electron chi connectivity index (χ1n) is 9.79. The van der Waals surface area contributed by atoms with E-state index in [4.69, 9.17) is 4.74 Å². The van der Waals surface area contributed by atoms with E-state index in [1.165, 1.54) is 24.7 Å². The maximum atomic E-state index is 12.5. The van der Waals surface area contributed by atoms with Crippen molar-refractivity contribution >= 4 is 29.2 Å². The second-order valence-electron chi connectivity index (χ2n) is 7.14. The van der Waals surface area contributed by atoms with Gasteiger partial charge in [-0.1, -0.05) is 49.6 Å². The number of ether oxygens (including phenoxy) is 1. The summed E-state index contributed by atoms with van der Waals surface area (Å²) in [5.74, 6) is -1.28. The fourth-order valence-electron chi connectivity index (χ4n) is 3.24. The first-order chi connectivity index (χ1) is 13.9. The highest BCUT2D eigenvalue weighted by atomic mass is 32.1. The summed E-state index contributed by atoms with van der Waals surface area (Å²) in [7, 11) is 0. The van der Waals surface area contributed by atoms with Gasteiger partial charge in [-0.05, 0) is 26.7 Å². The van der Waals surface area contributed by atoms with E-state index in [1.807, 2.05) is 30.3 Å². The minimum atomic E-state index is -1.10. The Morgan fingerprint density at radius 3 is 2.52 bits per heavy atom. The van der Waals surface area contributed by atoms with E-state index in [1.54, 1.807) is 6.92 Å². The number of rotatable bonds is 5. The smallest absolute Gasteiger partial charge is 0.351 e. The summed E-state index contributed by atoms with van der Waals surface area (Å²) in [5, 5.41) is 5.76. The number of carbonyl (C=O) groups is 3. The summed E-state index contributed by atoms with van der Waals surface area (Å²) in [6.45, 7) is 3.16. The molecule has 1 fully saturated rings. The average Bonchev–Trinajstić information content (AvgIpc) is 3.11. The zero-order valence-electron chi connectivity index (χ0n) is 16.6. The monoisotopic (exact) mass is 415 g/mol. The quantitative estimate of drug-likeness (QED) is 0.724. The molecule has 0 radical (unpaired) electrons. The van der Waals surface area contributed by atoms with E-state index in [0.29, 0.717) is 15.6 Å². The predicted octanol–water partition coefficient (Wildman–Crippen LogP) is 3.82. The predicted molar refractivity (Wildman–Crippen MR) is 111 cm³/mol. The van der Waals surface area contributed by atoms with Crippen LogP contribution in [-0.4, -0.2) is 35.0 Å². The van der Waals surface area contributed by atoms with E-state index in [9.17, 15) is 14.4 Å². The molecule has 2 aromatic rings. The molecular weight excluding hydrogens is 390 g/mol. The molecule has 1 aromatic carbocycles. The van der Waals surface area contributed by atoms with E-state index in [-0.39, 0.29) is 6.04 Å². The number of imide groups is 1.